The molecule has 6 rings (SSSR count). The van der Waals surface area contributed by atoms with Gasteiger partial charge in [-0.15, -0.1) is 0 Å². The number of hydrogen-bond acceptors (Lipinski definition) is 2. The van der Waals surface area contributed by atoms with Gasteiger partial charge < -0.3 is 9.47 Å². The summed E-state index contributed by atoms with van der Waals surface area (Å²) in [4.78, 5) is 0. The van der Waals surface area contributed by atoms with Crippen molar-refractivity contribution >= 4 is 15.9 Å². The highest BCUT2D eigenvalue weighted by Crippen LogP contribution is 2.51. The quantitative estimate of drug-likeness (QED) is 0.259. The summed E-state index contributed by atoms with van der Waals surface area (Å²) in [5.41, 5.74) is 10.9. The van der Waals surface area contributed by atoms with Gasteiger partial charge in [0.25, 0.3) is 0 Å². The molecular weight excluding hydrogens is 496 g/mol. The second-order valence-electron chi connectivity index (χ2n) is 10.3. The predicted molar refractivity (Wildman–Crippen MR) is 149 cm³/mol. The molecule has 4 aromatic rings. The average Bonchev–Trinajstić information content (AvgIpc) is 3.23. The van der Waals surface area contributed by atoms with E-state index in [1.54, 1.807) is 14.2 Å². The molecule has 0 bridgehead atoms. The summed E-state index contributed by atoms with van der Waals surface area (Å²) in [6.45, 7) is 9.09. The van der Waals surface area contributed by atoms with E-state index in [4.69, 9.17) is 9.47 Å². The summed E-state index contributed by atoms with van der Waals surface area (Å²) in [6, 6.07) is 28.0. The summed E-state index contributed by atoms with van der Waals surface area (Å²) in [7, 11) is 3.43. The highest BCUT2D eigenvalue weighted by atomic mass is 79.9. The number of rotatable bonds is 2. The van der Waals surface area contributed by atoms with Crippen molar-refractivity contribution in [1.29, 1.82) is 0 Å². The molecule has 0 amide bonds. The topological polar surface area (TPSA) is 18.5 Å². The maximum Gasteiger partial charge on any atom is 0.133 e. The Balaban J connectivity index is 0.000000145. The number of ether oxygens (including phenoxy) is 2. The van der Waals surface area contributed by atoms with E-state index in [1.807, 2.05) is 6.07 Å². The molecule has 0 spiro atoms. The Labute approximate surface area is 217 Å². The molecule has 0 radical (unpaired) electrons. The molecule has 0 N–H and O–H groups in total. The predicted octanol–water partition coefficient (Wildman–Crippen LogP) is 8.77. The van der Waals surface area contributed by atoms with E-state index >= 15 is 0 Å². The minimum atomic E-state index is 0.0416. The fraction of sp³-hybridized carbons (Fsp3) is 0.250. The number of benzene rings is 4. The standard InChI is InChI=1S/C16H15BrO.C16H16O/c1-16(2)12-7-5-4-6-10(12)11-8-14(17)15(18-3)9-13(11)16;1-16(2)14-7-5-4-6-12(14)13-9-8-11(17-3)10-15(13)16/h4-9H,1-3H3;4-10H,1-3H3. The van der Waals surface area contributed by atoms with Crippen molar-refractivity contribution in [3.05, 3.63) is 106 Å². The van der Waals surface area contributed by atoms with Crippen molar-refractivity contribution in [3.8, 4) is 33.8 Å². The van der Waals surface area contributed by atoms with Gasteiger partial charge in [0.15, 0.2) is 0 Å². The van der Waals surface area contributed by atoms with Crippen LogP contribution in [0.2, 0.25) is 0 Å². The number of methoxy groups -OCH3 is 2. The Morgan fingerprint density at radius 1 is 0.543 bits per heavy atom. The first kappa shape index (κ1) is 23.7. The molecule has 2 aliphatic rings. The van der Waals surface area contributed by atoms with Crippen molar-refractivity contribution in [1.82, 2.24) is 0 Å². The highest BCUT2D eigenvalue weighted by Gasteiger charge is 2.36. The minimum Gasteiger partial charge on any atom is -0.497 e. The summed E-state index contributed by atoms with van der Waals surface area (Å²) >= 11 is 3.57. The lowest BCUT2D eigenvalue weighted by atomic mass is 9.82. The van der Waals surface area contributed by atoms with Crippen LogP contribution in [0.1, 0.15) is 49.9 Å². The largest absolute Gasteiger partial charge is 0.497 e. The van der Waals surface area contributed by atoms with Gasteiger partial charge in [0.2, 0.25) is 0 Å². The lowest BCUT2D eigenvalue weighted by Crippen LogP contribution is -2.14. The highest BCUT2D eigenvalue weighted by molar-refractivity contribution is 9.10. The number of halogens is 1. The Morgan fingerprint density at radius 2 is 1.06 bits per heavy atom. The van der Waals surface area contributed by atoms with Crippen LogP contribution >= 0.6 is 15.9 Å². The molecule has 0 aromatic heterocycles. The van der Waals surface area contributed by atoms with Crippen molar-refractivity contribution in [3.63, 3.8) is 0 Å². The van der Waals surface area contributed by atoms with E-state index in [-0.39, 0.29) is 10.8 Å². The van der Waals surface area contributed by atoms with Crippen LogP contribution in [0.3, 0.4) is 0 Å². The molecule has 4 aromatic carbocycles. The smallest absolute Gasteiger partial charge is 0.133 e. The second kappa shape index (κ2) is 8.57. The molecule has 0 saturated heterocycles. The molecule has 0 saturated carbocycles. The van der Waals surface area contributed by atoms with Gasteiger partial charge >= 0.3 is 0 Å². The molecular formula is C32H31BrO2. The van der Waals surface area contributed by atoms with E-state index < -0.39 is 0 Å². The lowest BCUT2D eigenvalue weighted by Gasteiger charge is -2.21. The third-order valence-electron chi connectivity index (χ3n) is 7.65. The van der Waals surface area contributed by atoms with Crippen LogP contribution in [0.25, 0.3) is 22.3 Å². The third-order valence-corrected chi connectivity index (χ3v) is 8.27. The summed E-state index contributed by atoms with van der Waals surface area (Å²) in [6.07, 6.45) is 0. The number of hydrogen-bond donors (Lipinski definition) is 0. The zero-order valence-corrected chi connectivity index (χ0v) is 22.8. The van der Waals surface area contributed by atoms with Crippen LogP contribution < -0.4 is 9.47 Å². The summed E-state index contributed by atoms with van der Waals surface area (Å²) in [5, 5.41) is 0. The van der Waals surface area contributed by atoms with Crippen LogP contribution in [0.5, 0.6) is 11.5 Å². The van der Waals surface area contributed by atoms with E-state index in [0.717, 1.165) is 16.0 Å². The van der Waals surface area contributed by atoms with Crippen molar-refractivity contribution in [2.45, 2.75) is 38.5 Å². The molecule has 0 unspecified atom stereocenters. The van der Waals surface area contributed by atoms with Crippen LogP contribution in [0.4, 0.5) is 0 Å². The lowest BCUT2D eigenvalue weighted by molar-refractivity contribution is 0.411. The molecule has 35 heavy (non-hydrogen) atoms. The average molecular weight is 528 g/mol. The van der Waals surface area contributed by atoms with E-state index in [2.05, 4.69) is 116 Å². The summed E-state index contributed by atoms with van der Waals surface area (Å²) in [5.74, 6) is 1.83. The molecule has 3 heteroatoms. The van der Waals surface area contributed by atoms with Gasteiger partial charge in [0.1, 0.15) is 11.5 Å². The monoisotopic (exact) mass is 526 g/mol. The van der Waals surface area contributed by atoms with Crippen molar-refractivity contribution < 1.29 is 9.47 Å². The van der Waals surface area contributed by atoms with Gasteiger partial charge in [-0.2, -0.15) is 0 Å². The molecule has 0 atom stereocenters. The van der Waals surface area contributed by atoms with Gasteiger partial charge in [-0.3, -0.25) is 0 Å². The first-order valence-corrected chi connectivity index (χ1v) is 12.8. The molecule has 0 heterocycles. The van der Waals surface area contributed by atoms with Crippen molar-refractivity contribution in [2.75, 3.05) is 14.2 Å². The van der Waals surface area contributed by atoms with Crippen LogP contribution in [-0.4, -0.2) is 14.2 Å². The van der Waals surface area contributed by atoms with Gasteiger partial charge in [-0.05, 0) is 84.7 Å². The Hall–Kier alpha value is -3.04. The third kappa shape index (κ3) is 3.68. The van der Waals surface area contributed by atoms with Gasteiger partial charge in [-0.1, -0.05) is 82.3 Å². The molecule has 178 valence electrons. The maximum absolute atomic E-state index is 5.42. The SMILES string of the molecule is COc1cc2c(cc1Br)-c1ccccc1C2(C)C.COc1ccc2c(c1)C(C)(C)c1ccccc1-2. The maximum atomic E-state index is 5.42. The van der Waals surface area contributed by atoms with Crippen LogP contribution in [-0.2, 0) is 10.8 Å². The normalized spacial score (nSPS) is 15.2. The number of fused-ring (bicyclic) bond motifs is 6. The molecule has 2 aliphatic carbocycles. The second-order valence-corrected chi connectivity index (χ2v) is 11.1. The first-order valence-electron chi connectivity index (χ1n) is 12.0. The zero-order valence-electron chi connectivity index (χ0n) is 21.2. The first-order chi connectivity index (χ1) is 16.7. The zero-order chi connectivity index (χ0) is 25.0. The van der Waals surface area contributed by atoms with Gasteiger partial charge in [0.05, 0.1) is 18.7 Å². The molecule has 2 nitrogen and oxygen atoms in total. The fourth-order valence-corrected chi connectivity index (χ4v) is 6.17. The van der Waals surface area contributed by atoms with Gasteiger partial charge in [0, 0.05) is 10.8 Å². The summed E-state index contributed by atoms with van der Waals surface area (Å²) < 4.78 is 11.8. The molecule has 0 fully saturated rings. The van der Waals surface area contributed by atoms with E-state index in [1.165, 1.54) is 44.5 Å². The fourth-order valence-electron chi connectivity index (χ4n) is 5.67. The van der Waals surface area contributed by atoms with Crippen molar-refractivity contribution in [2.24, 2.45) is 0 Å². The van der Waals surface area contributed by atoms with E-state index in [0.29, 0.717) is 0 Å². The van der Waals surface area contributed by atoms with Crippen LogP contribution in [0.15, 0.2) is 83.3 Å². The Bertz CT molecular complexity index is 1430. The van der Waals surface area contributed by atoms with Gasteiger partial charge in [-0.25, -0.2) is 0 Å². The Kier molecular flexibility index (Phi) is 5.80. The minimum absolute atomic E-state index is 0.0416. The van der Waals surface area contributed by atoms with E-state index in [9.17, 15) is 0 Å². The molecule has 0 aliphatic heterocycles. The Morgan fingerprint density at radius 3 is 1.63 bits per heavy atom. The van der Waals surface area contributed by atoms with Crippen LogP contribution in [0, 0.1) is 0 Å².